The van der Waals surface area contributed by atoms with Gasteiger partial charge in [0.05, 0.1) is 10.7 Å². The highest BCUT2D eigenvalue weighted by Crippen LogP contribution is 2.32. The first-order valence-corrected chi connectivity index (χ1v) is 7.15. The zero-order valence-corrected chi connectivity index (χ0v) is 13.2. The fourth-order valence-electron chi connectivity index (χ4n) is 1.69. The van der Waals surface area contributed by atoms with Crippen LogP contribution in [0.3, 0.4) is 0 Å². The van der Waals surface area contributed by atoms with Crippen molar-refractivity contribution in [1.29, 1.82) is 0 Å². The Morgan fingerprint density at radius 3 is 2.53 bits per heavy atom. The van der Waals surface area contributed by atoms with E-state index in [1.807, 2.05) is 25.1 Å². The predicted molar refractivity (Wildman–Crippen MR) is 82.6 cm³/mol. The fraction of sp³-hybridized carbons (Fsp3) is 0.143. The first-order chi connectivity index (χ1) is 8.97. The smallest absolute Gasteiger partial charge is 0.125 e. The van der Waals surface area contributed by atoms with E-state index in [4.69, 9.17) is 23.2 Å². The maximum Gasteiger partial charge on any atom is 0.125 e. The summed E-state index contributed by atoms with van der Waals surface area (Å²) >= 11 is 15.4. The molecule has 5 heteroatoms. The number of rotatable bonds is 3. The van der Waals surface area contributed by atoms with Crippen LogP contribution >= 0.6 is 39.1 Å². The summed E-state index contributed by atoms with van der Waals surface area (Å²) in [4.78, 5) is 0. The van der Waals surface area contributed by atoms with Crippen LogP contribution < -0.4 is 5.32 Å². The quantitative estimate of drug-likeness (QED) is 0.725. The van der Waals surface area contributed by atoms with Crippen molar-refractivity contribution in [3.63, 3.8) is 0 Å². The van der Waals surface area contributed by atoms with Crippen LogP contribution in [0.5, 0.6) is 0 Å². The van der Waals surface area contributed by atoms with E-state index in [-0.39, 0.29) is 5.82 Å². The molecule has 0 heterocycles. The van der Waals surface area contributed by atoms with Crippen molar-refractivity contribution in [2.75, 3.05) is 5.32 Å². The van der Waals surface area contributed by atoms with Gasteiger partial charge in [0.25, 0.3) is 0 Å². The average Bonchev–Trinajstić information content (AvgIpc) is 2.30. The topological polar surface area (TPSA) is 12.0 Å². The molecular weight excluding hydrogens is 352 g/mol. The second-order valence-corrected chi connectivity index (χ2v) is 5.86. The summed E-state index contributed by atoms with van der Waals surface area (Å²) in [5.74, 6) is -0.379. The molecule has 0 saturated heterocycles. The van der Waals surface area contributed by atoms with Gasteiger partial charge < -0.3 is 5.32 Å². The Labute approximate surface area is 129 Å². The van der Waals surface area contributed by atoms with Crippen molar-refractivity contribution in [2.45, 2.75) is 13.5 Å². The Bertz CT molecular complexity index is 593. The first-order valence-electron chi connectivity index (χ1n) is 5.61. The first kappa shape index (κ1) is 14.6. The summed E-state index contributed by atoms with van der Waals surface area (Å²) in [6.45, 7) is 2.50. The SMILES string of the molecule is Cc1ccc(CNc2c(Cl)cc(F)cc2Br)c(Cl)c1. The molecule has 0 radical (unpaired) electrons. The number of nitrogens with one attached hydrogen (secondary N) is 1. The third-order valence-corrected chi connectivity index (χ3v) is 3.95. The molecule has 0 aliphatic rings. The zero-order valence-electron chi connectivity index (χ0n) is 10.1. The van der Waals surface area contributed by atoms with Crippen molar-refractivity contribution >= 4 is 44.8 Å². The van der Waals surface area contributed by atoms with Crippen LogP contribution in [0.4, 0.5) is 10.1 Å². The van der Waals surface area contributed by atoms with E-state index < -0.39 is 0 Å². The van der Waals surface area contributed by atoms with Gasteiger partial charge in [-0.05, 0) is 52.2 Å². The number of anilines is 1. The molecule has 19 heavy (non-hydrogen) atoms. The molecule has 0 saturated carbocycles. The van der Waals surface area contributed by atoms with Crippen molar-refractivity contribution < 1.29 is 4.39 Å². The number of hydrogen-bond donors (Lipinski definition) is 1. The fourth-order valence-corrected chi connectivity index (χ4v) is 2.95. The summed E-state index contributed by atoms with van der Waals surface area (Å²) < 4.78 is 13.7. The van der Waals surface area contributed by atoms with Gasteiger partial charge in [0.2, 0.25) is 0 Å². The Balaban J connectivity index is 2.19. The van der Waals surface area contributed by atoms with Crippen LogP contribution in [0.1, 0.15) is 11.1 Å². The largest absolute Gasteiger partial charge is 0.379 e. The van der Waals surface area contributed by atoms with Gasteiger partial charge in [0.15, 0.2) is 0 Å². The van der Waals surface area contributed by atoms with Crippen LogP contribution in [-0.2, 0) is 6.54 Å². The second kappa shape index (κ2) is 6.12. The second-order valence-electron chi connectivity index (χ2n) is 4.19. The average molecular weight is 363 g/mol. The molecule has 0 spiro atoms. The molecule has 2 rings (SSSR count). The van der Waals surface area contributed by atoms with Crippen LogP contribution in [0.25, 0.3) is 0 Å². The van der Waals surface area contributed by atoms with Gasteiger partial charge in [-0.25, -0.2) is 4.39 Å². The minimum atomic E-state index is -0.379. The normalized spacial score (nSPS) is 10.6. The molecule has 1 N–H and O–H groups in total. The zero-order chi connectivity index (χ0) is 14.0. The molecule has 0 aliphatic carbocycles. The lowest BCUT2D eigenvalue weighted by Crippen LogP contribution is -2.02. The third-order valence-electron chi connectivity index (χ3n) is 2.67. The minimum absolute atomic E-state index is 0.329. The number of aryl methyl sites for hydroxylation is 1. The van der Waals surface area contributed by atoms with Gasteiger partial charge in [0, 0.05) is 16.0 Å². The molecule has 100 valence electrons. The lowest BCUT2D eigenvalue weighted by Gasteiger charge is -2.12. The molecule has 0 aliphatic heterocycles. The summed E-state index contributed by atoms with van der Waals surface area (Å²) in [6, 6.07) is 8.48. The Morgan fingerprint density at radius 1 is 1.16 bits per heavy atom. The van der Waals surface area contributed by atoms with Gasteiger partial charge in [-0.2, -0.15) is 0 Å². The number of hydrogen-bond acceptors (Lipinski definition) is 1. The van der Waals surface area contributed by atoms with E-state index in [1.165, 1.54) is 12.1 Å². The van der Waals surface area contributed by atoms with Crippen molar-refractivity contribution in [3.8, 4) is 0 Å². The van der Waals surface area contributed by atoms with Crippen molar-refractivity contribution in [2.24, 2.45) is 0 Å². The molecule has 0 bridgehead atoms. The third kappa shape index (κ3) is 3.62. The maximum atomic E-state index is 13.1. The summed E-state index contributed by atoms with van der Waals surface area (Å²) in [6.07, 6.45) is 0. The highest BCUT2D eigenvalue weighted by Gasteiger charge is 2.08. The summed E-state index contributed by atoms with van der Waals surface area (Å²) in [7, 11) is 0. The van der Waals surface area contributed by atoms with Gasteiger partial charge in [-0.15, -0.1) is 0 Å². The molecular formula is C14H11BrCl2FN. The Morgan fingerprint density at radius 2 is 1.89 bits per heavy atom. The molecule has 2 aromatic carbocycles. The van der Waals surface area contributed by atoms with Crippen LogP contribution in [0.2, 0.25) is 10.0 Å². The molecule has 2 aromatic rings. The minimum Gasteiger partial charge on any atom is -0.379 e. The monoisotopic (exact) mass is 361 g/mol. The van der Waals surface area contributed by atoms with E-state index in [1.54, 1.807) is 0 Å². The highest BCUT2D eigenvalue weighted by atomic mass is 79.9. The molecule has 0 amide bonds. The molecule has 0 unspecified atom stereocenters. The standard InChI is InChI=1S/C14H11BrCl2FN/c1-8-2-3-9(12(16)4-8)7-19-14-11(15)5-10(18)6-13(14)17/h2-6,19H,7H2,1H3. The Hall–Kier alpha value is -0.770. The van der Waals surface area contributed by atoms with E-state index in [2.05, 4.69) is 21.2 Å². The van der Waals surface area contributed by atoms with E-state index in [9.17, 15) is 4.39 Å². The van der Waals surface area contributed by atoms with Gasteiger partial charge >= 0.3 is 0 Å². The van der Waals surface area contributed by atoms with Gasteiger partial charge in [-0.3, -0.25) is 0 Å². The van der Waals surface area contributed by atoms with Crippen LogP contribution in [0.15, 0.2) is 34.8 Å². The number of halogens is 4. The van der Waals surface area contributed by atoms with Crippen molar-refractivity contribution in [1.82, 2.24) is 0 Å². The van der Waals surface area contributed by atoms with Gasteiger partial charge in [-0.1, -0.05) is 35.3 Å². The van der Waals surface area contributed by atoms with E-state index >= 15 is 0 Å². The lowest BCUT2D eigenvalue weighted by molar-refractivity contribution is 0.627. The van der Waals surface area contributed by atoms with Crippen LogP contribution in [0, 0.1) is 12.7 Å². The van der Waals surface area contributed by atoms with Crippen molar-refractivity contribution in [3.05, 3.63) is 61.8 Å². The summed E-state index contributed by atoms with van der Waals surface area (Å²) in [5.41, 5.74) is 2.72. The molecule has 1 nitrogen and oxygen atoms in total. The number of benzene rings is 2. The van der Waals surface area contributed by atoms with E-state index in [0.29, 0.717) is 26.8 Å². The van der Waals surface area contributed by atoms with Crippen LogP contribution in [-0.4, -0.2) is 0 Å². The Kier molecular flexibility index (Phi) is 4.71. The highest BCUT2D eigenvalue weighted by molar-refractivity contribution is 9.10. The molecule has 0 fully saturated rings. The van der Waals surface area contributed by atoms with Gasteiger partial charge in [0.1, 0.15) is 5.82 Å². The van der Waals surface area contributed by atoms with E-state index in [0.717, 1.165) is 11.1 Å². The molecule has 0 atom stereocenters. The maximum absolute atomic E-state index is 13.1. The predicted octanol–water partition coefficient (Wildman–Crippen LogP) is 5.82. The summed E-state index contributed by atoms with van der Waals surface area (Å²) in [5, 5.41) is 4.18. The molecule has 0 aromatic heterocycles. The lowest BCUT2D eigenvalue weighted by atomic mass is 10.1.